The molecule has 0 unspecified atom stereocenters. The van der Waals surface area contributed by atoms with Gasteiger partial charge < -0.3 is 4.42 Å². The van der Waals surface area contributed by atoms with Crippen LogP contribution in [0.3, 0.4) is 0 Å². The number of furan rings is 1. The van der Waals surface area contributed by atoms with Crippen LogP contribution in [0.5, 0.6) is 0 Å². The smallest absolute Gasteiger partial charge is 0.164 e. The van der Waals surface area contributed by atoms with E-state index in [0.29, 0.717) is 17.5 Å². The van der Waals surface area contributed by atoms with Gasteiger partial charge in [0.25, 0.3) is 0 Å². The summed E-state index contributed by atoms with van der Waals surface area (Å²) in [5, 5.41) is 6.89. The number of hydrogen-bond acceptors (Lipinski definition) is 4. The van der Waals surface area contributed by atoms with Crippen molar-refractivity contribution in [2.24, 2.45) is 0 Å². The lowest BCUT2D eigenvalue weighted by molar-refractivity contribution is 0.669. The topological polar surface area (TPSA) is 51.8 Å². The van der Waals surface area contributed by atoms with Crippen molar-refractivity contribution in [3.8, 4) is 78.7 Å². The van der Waals surface area contributed by atoms with Crippen LogP contribution in [-0.4, -0.2) is 15.0 Å². The molecule has 57 heavy (non-hydrogen) atoms. The van der Waals surface area contributed by atoms with Crippen molar-refractivity contribution >= 4 is 43.5 Å². The lowest BCUT2D eigenvalue weighted by Gasteiger charge is -2.15. The summed E-state index contributed by atoms with van der Waals surface area (Å²) in [6.45, 7) is 0. The minimum Gasteiger partial charge on any atom is -0.456 e. The minimum atomic E-state index is 0.597. The van der Waals surface area contributed by atoms with E-state index in [9.17, 15) is 0 Å². The summed E-state index contributed by atoms with van der Waals surface area (Å²) >= 11 is 0. The minimum absolute atomic E-state index is 0.597. The second kappa shape index (κ2) is 12.4. The average molecular weight is 726 g/mol. The normalized spacial score (nSPS) is 11.9. The highest BCUT2D eigenvalue weighted by Gasteiger charge is 2.23. The highest BCUT2D eigenvalue weighted by Crippen LogP contribution is 2.49. The van der Waals surface area contributed by atoms with Crippen LogP contribution in [0.25, 0.3) is 122 Å². The number of rotatable bonds is 5. The third kappa shape index (κ3) is 4.98. The molecule has 0 bridgehead atoms. The maximum atomic E-state index is 6.29. The molecule has 1 aliphatic rings. The maximum Gasteiger partial charge on any atom is 0.164 e. The molecule has 0 aliphatic heterocycles. The van der Waals surface area contributed by atoms with E-state index in [2.05, 4.69) is 140 Å². The van der Waals surface area contributed by atoms with E-state index >= 15 is 0 Å². The zero-order chi connectivity index (χ0) is 37.5. The number of nitrogens with zero attached hydrogens (tertiary/aromatic N) is 3. The van der Waals surface area contributed by atoms with Crippen LogP contribution in [-0.2, 0) is 0 Å². The summed E-state index contributed by atoms with van der Waals surface area (Å²) in [6, 6.07) is 66.3. The van der Waals surface area contributed by atoms with Crippen molar-refractivity contribution in [2.45, 2.75) is 0 Å². The first kappa shape index (κ1) is 31.6. The second-order valence-electron chi connectivity index (χ2n) is 14.7. The molecule has 12 rings (SSSR count). The second-order valence-corrected chi connectivity index (χ2v) is 14.7. The quantitative estimate of drug-likeness (QED) is 0.177. The van der Waals surface area contributed by atoms with Crippen LogP contribution in [0, 0.1) is 0 Å². The lowest BCUT2D eigenvalue weighted by Crippen LogP contribution is -2.01. The molecule has 0 radical (unpaired) electrons. The fraction of sp³-hybridized carbons (Fsp3) is 0. The van der Waals surface area contributed by atoms with Gasteiger partial charge in [0.2, 0.25) is 0 Å². The number of para-hydroxylation sites is 1. The van der Waals surface area contributed by atoms with Crippen LogP contribution < -0.4 is 0 Å². The monoisotopic (exact) mass is 725 g/mol. The van der Waals surface area contributed by atoms with Crippen LogP contribution in [0.2, 0.25) is 0 Å². The third-order valence-corrected chi connectivity index (χ3v) is 11.5. The Balaban J connectivity index is 1.04. The highest BCUT2D eigenvalue weighted by atomic mass is 16.3. The van der Waals surface area contributed by atoms with E-state index in [-0.39, 0.29) is 0 Å². The van der Waals surface area contributed by atoms with Crippen LogP contribution in [0.4, 0.5) is 0 Å². The summed E-state index contributed by atoms with van der Waals surface area (Å²) in [5.41, 5.74) is 14.2. The van der Waals surface area contributed by atoms with Crippen molar-refractivity contribution in [1.29, 1.82) is 0 Å². The van der Waals surface area contributed by atoms with Gasteiger partial charge in [-0.1, -0.05) is 164 Å². The molecule has 1 aliphatic carbocycles. The van der Waals surface area contributed by atoms with Gasteiger partial charge in [0.1, 0.15) is 11.2 Å². The van der Waals surface area contributed by atoms with E-state index in [1.54, 1.807) is 0 Å². The fourth-order valence-corrected chi connectivity index (χ4v) is 8.85. The van der Waals surface area contributed by atoms with Crippen molar-refractivity contribution in [1.82, 2.24) is 15.0 Å². The van der Waals surface area contributed by atoms with E-state index < -0.39 is 0 Å². The molecule has 11 aromatic rings. The molecule has 0 fully saturated rings. The first-order valence-corrected chi connectivity index (χ1v) is 19.3. The molecular formula is C53H31N3O. The Morgan fingerprint density at radius 1 is 0.281 bits per heavy atom. The Hall–Kier alpha value is -7.69. The molecule has 0 atom stereocenters. The fourth-order valence-electron chi connectivity index (χ4n) is 8.85. The van der Waals surface area contributed by atoms with Gasteiger partial charge in [0, 0.05) is 27.5 Å². The molecule has 0 saturated heterocycles. The van der Waals surface area contributed by atoms with Gasteiger partial charge in [0.15, 0.2) is 17.5 Å². The van der Waals surface area contributed by atoms with Crippen molar-refractivity contribution in [3.63, 3.8) is 0 Å². The lowest BCUT2D eigenvalue weighted by atomic mass is 9.91. The third-order valence-electron chi connectivity index (χ3n) is 11.5. The molecule has 264 valence electrons. The highest BCUT2D eigenvalue weighted by molar-refractivity contribution is 6.18. The van der Waals surface area contributed by atoms with Gasteiger partial charge in [-0.15, -0.1) is 0 Å². The van der Waals surface area contributed by atoms with E-state index in [0.717, 1.165) is 60.5 Å². The number of hydrogen-bond donors (Lipinski definition) is 0. The first-order valence-electron chi connectivity index (χ1n) is 19.3. The van der Waals surface area contributed by atoms with Gasteiger partial charge in [-0.2, -0.15) is 0 Å². The molecule has 4 heteroatoms. The molecule has 2 heterocycles. The number of aromatic nitrogens is 3. The summed E-state index contributed by atoms with van der Waals surface area (Å²) in [4.78, 5) is 15.7. The number of benzene rings is 9. The summed E-state index contributed by atoms with van der Waals surface area (Å²) in [6.07, 6.45) is 0. The van der Waals surface area contributed by atoms with E-state index in [1.807, 2.05) is 48.5 Å². The van der Waals surface area contributed by atoms with Crippen LogP contribution >= 0.6 is 0 Å². The van der Waals surface area contributed by atoms with Gasteiger partial charge in [0.05, 0.1) is 0 Å². The maximum absolute atomic E-state index is 6.29. The molecule has 0 spiro atoms. The van der Waals surface area contributed by atoms with Crippen LogP contribution in [0.1, 0.15) is 0 Å². The SMILES string of the molecule is c1ccc(-c2nc(-c3cc4ccccc4cc3-c3ccc(-c4ccc5c6c(cccc46)-c4ccccc4-5)cc3)nc(-c3cccc4oc5ccccc5c34)n2)cc1. The molecular weight excluding hydrogens is 695 g/mol. The molecule has 0 amide bonds. The standard InChI is InChI=1S/C53H31N3O/c1-2-12-34(13-3-1)51-54-52(44-21-11-23-48-50(44)43-18-8-9-22-47(43)57-48)56-53(55-51)46-31-36-15-5-4-14-35(36)30-45(46)33-26-24-32(25-27-33)37-28-29-42-39-17-7-6-16-38(39)41-20-10-19-40(37)49(41)42/h1-31H. The Morgan fingerprint density at radius 3 is 1.60 bits per heavy atom. The summed E-state index contributed by atoms with van der Waals surface area (Å²) in [5.74, 6) is 1.82. The zero-order valence-corrected chi connectivity index (χ0v) is 30.6. The first-order chi connectivity index (χ1) is 28.2. The Kier molecular flexibility index (Phi) is 6.89. The van der Waals surface area contributed by atoms with Gasteiger partial charge >= 0.3 is 0 Å². The Bertz CT molecular complexity index is 3370. The molecule has 9 aromatic carbocycles. The molecule has 2 aromatic heterocycles. The predicted molar refractivity (Wildman–Crippen MR) is 234 cm³/mol. The van der Waals surface area contributed by atoms with E-state index in [4.69, 9.17) is 19.4 Å². The molecule has 4 nitrogen and oxygen atoms in total. The largest absolute Gasteiger partial charge is 0.456 e. The van der Waals surface area contributed by atoms with Gasteiger partial charge in [-0.25, -0.2) is 15.0 Å². The Morgan fingerprint density at radius 2 is 0.807 bits per heavy atom. The van der Waals surface area contributed by atoms with Crippen molar-refractivity contribution in [2.75, 3.05) is 0 Å². The molecule has 0 N–H and O–H groups in total. The number of fused-ring (bicyclic) bond motifs is 7. The average Bonchev–Trinajstić information content (AvgIpc) is 3.83. The van der Waals surface area contributed by atoms with E-state index in [1.165, 1.54) is 44.2 Å². The van der Waals surface area contributed by atoms with Crippen molar-refractivity contribution < 1.29 is 4.42 Å². The molecule has 0 saturated carbocycles. The van der Waals surface area contributed by atoms with Crippen LogP contribution in [0.15, 0.2) is 192 Å². The summed E-state index contributed by atoms with van der Waals surface area (Å²) < 4.78 is 6.29. The Labute approximate surface area is 328 Å². The van der Waals surface area contributed by atoms with Gasteiger partial charge in [-0.05, 0) is 90.3 Å². The summed E-state index contributed by atoms with van der Waals surface area (Å²) in [7, 11) is 0. The zero-order valence-electron chi connectivity index (χ0n) is 30.6. The van der Waals surface area contributed by atoms with Crippen molar-refractivity contribution in [3.05, 3.63) is 188 Å². The predicted octanol–water partition coefficient (Wildman–Crippen LogP) is 14.1. The van der Waals surface area contributed by atoms with Gasteiger partial charge in [-0.3, -0.25) is 0 Å².